The highest BCUT2D eigenvalue weighted by atomic mass is 16.5. The summed E-state index contributed by atoms with van der Waals surface area (Å²) in [7, 11) is 3.59. The van der Waals surface area contributed by atoms with Crippen molar-refractivity contribution in [3.8, 4) is 0 Å². The summed E-state index contributed by atoms with van der Waals surface area (Å²) in [5, 5.41) is 3.53. The maximum atomic E-state index is 5.97. The Balaban J connectivity index is 1.46. The van der Waals surface area contributed by atoms with Crippen molar-refractivity contribution in [1.82, 2.24) is 19.8 Å². The summed E-state index contributed by atoms with van der Waals surface area (Å²) in [5.74, 6) is 1.99. The minimum absolute atomic E-state index is 0.347. The molecule has 1 saturated heterocycles. The molecule has 0 bridgehead atoms. The van der Waals surface area contributed by atoms with Crippen molar-refractivity contribution in [2.75, 3.05) is 40.5 Å². The number of nitrogens with zero attached hydrogens (tertiary/aromatic N) is 4. The van der Waals surface area contributed by atoms with Crippen LogP contribution < -0.4 is 5.32 Å². The molecule has 0 amide bonds. The van der Waals surface area contributed by atoms with Crippen LogP contribution >= 0.6 is 0 Å². The minimum Gasteiger partial charge on any atom is -0.385 e. The van der Waals surface area contributed by atoms with Crippen LogP contribution in [0.5, 0.6) is 0 Å². The van der Waals surface area contributed by atoms with Crippen LogP contribution in [0.1, 0.15) is 36.2 Å². The molecule has 0 spiro atoms. The summed E-state index contributed by atoms with van der Waals surface area (Å²) in [5.41, 5.74) is 2.53. The topological polar surface area (TPSA) is 63.9 Å². The van der Waals surface area contributed by atoms with Gasteiger partial charge in [0.05, 0.1) is 6.10 Å². The maximum absolute atomic E-state index is 5.97. The van der Waals surface area contributed by atoms with E-state index in [9.17, 15) is 0 Å². The van der Waals surface area contributed by atoms with Gasteiger partial charge in [-0.25, -0.2) is 4.98 Å². The standard InChI is InChI=1S/C23H35N5O2/c1-19-25-10-13-28(19)18-21-7-4-6-20(16-21)17-26-23(24-2)27-11-8-22(9-12-27)30-15-5-14-29-3/h4,6-7,10,13,16,22H,5,8-9,11-12,14-15,17-18H2,1-3H3,(H,24,26). The van der Waals surface area contributed by atoms with E-state index in [0.29, 0.717) is 6.10 Å². The number of hydrogen-bond acceptors (Lipinski definition) is 4. The molecule has 0 atom stereocenters. The Morgan fingerprint density at radius 2 is 2.03 bits per heavy atom. The Labute approximate surface area is 180 Å². The van der Waals surface area contributed by atoms with Gasteiger partial charge in [0.25, 0.3) is 0 Å². The number of ether oxygens (including phenoxy) is 2. The van der Waals surface area contributed by atoms with Gasteiger partial charge in [0.15, 0.2) is 5.96 Å². The van der Waals surface area contributed by atoms with Crippen LogP contribution in [-0.2, 0) is 22.6 Å². The molecule has 1 aliphatic heterocycles. The zero-order valence-corrected chi connectivity index (χ0v) is 18.5. The van der Waals surface area contributed by atoms with Gasteiger partial charge in [-0.05, 0) is 37.3 Å². The van der Waals surface area contributed by atoms with Crippen molar-refractivity contribution in [3.05, 3.63) is 53.6 Å². The molecule has 7 heteroatoms. The molecule has 1 aliphatic rings. The largest absolute Gasteiger partial charge is 0.385 e. The van der Waals surface area contributed by atoms with Crippen LogP contribution in [0.25, 0.3) is 0 Å². The second-order valence-corrected chi connectivity index (χ2v) is 7.73. The molecule has 0 unspecified atom stereocenters. The van der Waals surface area contributed by atoms with Crippen LogP contribution in [0.3, 0.4) is 0 Å². The number of rotatable bonds is 9. The number of aromatic nitrogens is 2. The summed E-state index contributed by atoms with van der Waals surface area (Å²) < 4.78 is 13.2. The number of hydrogen-bond donors (Lipinski definition) is 1. The Morgan fingerprint density at radius 3 is 2.73 bits per heavy atom. The summed E-state index contributed by atoms with van der Waals surface area (Å²) in [6, 6.07) is 8.69. The molecule has 0 saturated carbocycles. The molecule has 164 valence electrons. The van der Waals surface area contributed by atoms with E-state index in [-0.39, 0.29) is 0 Å². The van der Waals surface area contributed by atoms with Gasteiger partial charge in [0.2, 0.25) is 0 Å². The van der Waals surface area contributed by atoms with E-state index in [1.807, 2.05) is 26.4 Å². The predicted octanol–water partition coefficient (Wildman–Crippen LogP) is 2.83. The lowest BCUT2D eigenvalue weighted by atomic mass is 10.1. The van der Waals surface area contributed by atoms with Crippen molar-refractivity contribution in [3.63, 3.8) is 0 Å². The van der Waals surface area contributed by atoms with Crippen LogP contribution in [0.2, 0.25) is 0 Å². The quantitative estimate of drug-likeness (QED) is 0.389. The van der Waals surface area contributed by atoms with Gasteiger partial charge in [0, 0.05) is 65.9 Å². The number of guanidine groups is 1. The highest BCUT2D eigenvalue weighted by Gasteiger charge is 2.21. The van der Waals surface area contributed by atoms with E-state index in [0.717, 1.165) is 70.4 Å². The summed E-state index contributed by atoms with van der Waals surface area (Å²) in [6.07, 6.45) is 7.24. The van der Waals surface area contributed by atoms with Crippen molar-refractivity contribution in [2.45, 2.75) is 45.4 Å². The molecule has 0 aliphatic carbocycles. The van der Waals surface area contributed by atoms with Crippen LogP contribution in [0.15, 0.2) is 41.7 Å². The van der Waals surface area contributed by atoms with Gasteiger partial charge in [-0.2, -0.15) is 0 Å². The second-order valence-electron chi connectivity index (χ2n) is 7.73. The van der Waals surface area contributed by atoms with E-state index in [4.69, 9.17) is 9.47 Å². The lowest BCUT2D eigenvalue weighted by molar-refractivity contribution is 0.00989. The zero-order valence-electron chi connectivity index (χ0n) is 18.5. The smallest absolute Gasteiger partial charge is 0.193 e. The fraction of sp³-hybridized carbons (Fsp3) is 0.565. The molecule has 1 aromatic heterocycles. The van der Waals surface area contributed by atoms with E-state index >= 15 is 0 Å². The third kappa shape index (κ3) is 6.57. The average molecular weight is 414 g/mol. The van der Waals surface area contributed by atoms with Gasteiger partial charge in [-0.15, -0.1) is 0 Å². The van der Waals surface area contributed by atoms with Crippen molar-refractivity contribution in [1.29, 1.82) is 0 Å². The molecule has 1 fully saturated rings. The number of piperidine rings is 1. The maximum Gasteiger partial charge on any atom is 0.193 e. The lowest BCUT2D eigenvalue weighted by Crippen LogP contribution is -2.46. The average Bonchev–Trinajstić information content (AvgIpc) is 3.17. The monoisotopic (exact) mass is 413 g/mol. The molecule has 1 aromatic carbocycles. The number of methoxy groups -OCH3 is 1. The molecule has 3 rings (SSSR count). The number of likely N-dealkylation sites (tertiary alicyclic amines) is 1. The van der Waals surface area contributed by atoms with E-state index in [1.165, 1.54) is 11.1 Å². The van der Waals surface area contributed by atoms with Gasteiger partial charge < -0.3 is 24.3 Å². The molecule has 7 nitrogen and oxygen atoms in total. The summed E-state index contributed by atoms with van der Waals surface area (Å²) in [4.78, 5) is 11.1. The van der Waals surface area contributed by atoms with Crippen molar-refractivity contribution < 1.29 is 9.47 Å². The highest BCUT2D eigenvalue weighted by Crippen LogP contribution is 2.15. The van der Waals surface area contributed by atoms with Crippen LogP contribution in [0, 0.1) is 6.92 Å². The third-order valence-corrected chi connectivity index (χ3v) is 5.52. The fourth-order valence-electron chi connectivity index (χ4n) is 3.81. The highest BCUT2D eigenvalue weighted by molar-refractivity contribution is 5.79. The van der Waals surface area contributed by atoms with E-state index in [2.05, 4.69) is 49.0 Å². The van der Waals surface area contributed by atoms with Gasteiger partial charge >= 0.3 is 0 Å². The first-order chi connectivity index (χ1) is 14.7. The molecule has 1 N–H and O–H groups in total. The van der Waals surface area contributed by atoms with Gasteiger partial charge in [-0.3, -0.25) is 4.99 Å². The summed E-state index contributed by atoms with van der Waals surface area (Å²) >= 11 is 0. The Morgan fingerprint density at radius 1 is 1.23 bits per heavy atom. The van der Waals surface area contributed by atoms with E-state index in [1.54, 1.807) is 7.11 Å². The first kappa shape index (κ1) is 22.3. The van der Waals surface area contributed by atoms with Gasteiger partial charge in [0.1, 0.15) is 5.82 Å². The zero-order chi connectivity index (χ0) is 21.2. The molecular formula is C23H35N5O2. The Hall–Kier alpha value is -2.38. The predicted molar refractivity (Wildman–Crippen MR) is 120 cm³/mol. The number of aliphatic imine (C=N–C) groups is 1. The second kappa shape index (κ2) is 11.7. The normalized spacial score (nSPS) is 15.6. The lowest BCUT2D eigenvalue weighted by Gasteiger charge is -2.34. The Kier molecular flexibility index (Phi) is 8.71. The summed E-state index contributed by atoms with van der Waals surface area (Å²) in [6.45, 7) is 7.11. The van der Waals surface area contributed by atoms with E-state index < -0.39 is 0 Å². The molecule has 2 heterocycles. The fourth-order valence-corrected chi connectivity index (χ4v) is 3.81. The number of nitrogens with one attached hydrogen (secondary N) is 1. The van der Waals surface area contributed by atoms with Crippen molar-refractivity contribution in [2.24, 2.45) is 4.99 Å². The van der Waals surface area contributed by atoms with Crippen LogP contribution in [0.4, 0.5) is 0 Å². The SMILES string of the molecule is CN=C(NCc1cccc(Cn2ccnc2C)c1)N1CCC(OCCCOC)CC1. The first-order valence-corrected chi connectivity index (χ1v) is 10.8. The molecule has 0 radical (unpaired) electrons. The number of imidazole rings is 1. The first-order valence-electron chi connectivity index (χ1n) is 10.8. The number of benzene rings is 1. The third-order valence-electron chi connectivity index (χ3n) is 5.52. The van der Waals surface area contributed by atoms with Crippen LogP contribution in [-0.4, -0.2) is 67.0 Å². The molecule has 30 heavy (non-hydrogen) atoms. The van der Waals surface area contributed by atoms with Gasteiger partial charge in [-0.1, -0.05) is 24.3 Å². The van der Waals surface area contributed by atoms with Crippen molar-refractivity contribution >= 4 is 5.96 Å². The number of aryl methyl sites for hydroxylation is 1. The minimum atomic E-state index is 0.347. The molecular weight excluding hydrogens is 378 g/mol. The molecule has 2 aromatic rings. The Bertz CT molecular complexity index is 796.